The molecule has 1 saturated heterocycles. The zero-order chi connectivity index (χ0) is 10.6. The van der Waals surface area contributed by atoms with Crippen LogP contribution < -0.4 is 5.73 Å². The van der Waals surface area contributed by atoms with Crippen LogP contribution in [0.2, 0.25) is 0 Å². The lowest BCUT2D eigenvalue weighted by atomic mass is 10.1. The zero-order valence-electron chi connectivity index (χ0n) is 9.03. The minimum absolute atomic E-state index is 0.231. The summed E-state index contributed by atoms with van der Waals surface area (Å²) in [5, 5.41) is 0. The molecule has 1 rings (SSSR count). The molecule has 0 aromatic heterocycles. The SMILES string of the molecule is CCC[C@@H](C)N1CCOC[C@H]1C(N)=O. The zero-order valence-corrected chi connectivity index (χ0v) is 9.03. The van der Waals surface area contributed by atoms with Crippen molar-refractivity contribution in [2.24, 2.45) is 5.73 Å². The van der Waals surface area contributed by atoms with Crippen molar-refractivity contribution >= 4 is 5.91 Å². The summed E-state index contributed by atoms with van der Waals surface area (Å²) >= 11 is 0. The van der Waals surface area contributed by atoms with Gasteiger partial charge in [-0.2, -0.15) is 0 Å². The van der Waals surface area contributed by atoms with E-state index in [0.717, 1.165) is 19.4 Å². The Bertz CT molecular complexity index is 197. The first-order chi connectivity index (χ1) is 6.66. The lowest BCUT2D eigenvalue weighted by Gasteiger charge is -2.37. The fourth-order valence-corrected chi connectivity index (χ4v) is 1.97. The summed E-state index contributed by atoms with van der Waals surface area (Å²) in [6.07, 6.45) is 2.23. The predicted octanol–water partition coefficient (Wildman–Crippen LogP) is 0.361. The normalized spacial score (nSPS) is 26.0. The first kappa shape index (κ1) is 11.5. The molecule has 2 N–H and O–H groups in total. The van der Waals surface area contributed by atoms with E-state index in [4.69, 9.17) is 10.5 Å². The third kappa shape index (κ3) is 2.69. The van der Waals surface area contributed by atoms with Gasteiger partial charge in [-0.05, 0) is 13.3 Å². The Hall–Kier alpha value is -0.610. The second-order valence-corrected chi connectivity index (χ2v) is 3.87. The van der Waals surface area contributed by atoms with Gasteiger partial charge in [0.2, 0.25) is 5.91 Å². The topological polar surface area (TPSA) is 55.6 Å². The number of ether oxygens (including phenoxy) is 1. The molecule has 0 unspecified atom stereocenters. The second kappa shape index (κ2) is 5.32. The van der Waals surface area contributed by atoms with Crippen LogP contribution in [0.25, 0.3) is 0 Å². The molecule has 1 fully saturated rings. The molecule has 0 aromatic carbocycles. The summed E-state index contributed by atoms with van der Waals surface area (Å²) in [4.78, 5) is 13.3. The third-order valence-corrected chi connectivity index (χ3v) is 2.77. The fraction of sp³-hybridized carbons (Fsp3) is 0.900. The highest BCUT2D eigenvalue weighted by Crippen LogP contribution is 2.14. The van der Waals surface area contributed by atoms with Crippen LogP contribution >= 0.6 is 0 Å². The largest absolute Gasteiger partial charge is 0.378 e. The summed E-state index contributed by atoms with van der Waals surface area (Å²) in [6.45, 7) is 6.26. The van der Waals surface area contributed by atoms with Crippen molar-refractivity contribution < 1.29 is 9.53 Å². The molecule has 2 atom stereocenters. The number of nitrogens with zero attached hydrogens (tertiary/aromatic N) is 1. The summed E-state index contributed by atoms with van der Waals surface area (Å²) in [5.41, 5.74) is 5.33. The number of nitrogens with two attached hydrogens (primary N) is 1. The monoisotopic (exact) mass is 200 g/mol. The van der Waals surface area contributed by atoms with Crippen LogP contribution in [-0.2, 0) is 9.53 Å². The van der Waals surface area contributed by atoms with E-state index in [0.29, 0.717) is 19.3 Å². The average molecular weight is 200 g/mol. The van der Waals surface area contributed by atoms with Crippen LogP contribution in [-0.4, -0.2) is 42.6 Å². The minimum atomic E-state index is -0.271. The van der Waals surface area contributed by atoms with Crippen molar-refractivity contribution in [3.05, 3.63) is 0 Å². The van der Waals surface area contributed by atoms with E-state index in [1.807, 2.05) is 0 Å². The van der Waals surface area contributed by atoms with Gasteiger partial charge in [0.25, 0.3) is 0 Å². The van der Waals surface area contributed by atoms with Gasteiger partial charge < -0.3 is 10.5 Å². The van der Waals surface area contributed by atoms with E-state index in [9.17, 15) is 4.79 Å². The van der Waals surface area contributed by atoms with Gasteiger partial charge in [-0.1, -0.05) is 13.3 Å². The van der Waals surface area contributed by atoms with Gasteiger partial charge >= 0.3 is 0 Å². The van der Waals surface area contributed by atoms with Gasteiger partial charge in [0.1, 0.15) is 6.04 Å². The molecule has 1 amide bonds. The molecule has 0 saturated carbocycles. The Balaban J connectivity index is 2.57. The van der Waals surface area contributed by atoms with Crippen LogP contribution in [0, 0.1) is 0 Å². The molecule has 4 heteroatoms. The van der Waals surface area contributed by atoms with Crippen LogP contribution in [0.3, 0.4) is 0 Å². The number of morpholine rings is 1. The van der Waals surface area contributed by atoms with Crippen LogP contribution in [0.5, 0.6) is 0 Å². The number of carbonyl (C=O) groups excluding carboxylic acids is 1. The molecular weight excluding hydrogens is 180 g/mol. The molecule has 0 bridgehead atoms. The minimum Gasteiger partial charge on any atom is -0.378 e. The van der Waals surface area contributed by atoms with E-state index < -0.39 is 0 Å². The van der Waals surface area contributed by atoms with E-state index in [2.05, 4.69) is 18.7 Å². The van der Waals surface area contributed by atoms with Crippen molar-refractivity contribution in [2.45, 2.75) is 38.8 Å². The molecule has 0 radical (unpaired) electrons. The number of rotatable bonds is 4. The molecule has 0 aromatic rings. The number of hydrogen-bond acceptors (Lipinski definition) is 3. The maximum absolute atomic E-state index is 11.2. The summed E-state index contributed by atoms with van der Waals surface area (Å²) in [5.74, 6) is -0.271. The van der Waals surface area contributed by atoms with Crippen molar-refractivity contribution in [2.75, 3.05) is 19.8 Å². The Kier molecular flexibility index (Phi) is 4.35. The molecule has 1 aliphatic rings. The molecule has 1 heterocycles. The smallest absolute Gasteiger partial charge is 0.237 e. The highest BCUT2D eigenvalue weighted by molar-refractivity contribution is 5.80. The van der Waals surface area contributed by atoms with Gasteiger partial charge in [0.15, 0.2) is 0 Å². The van der Waals surface area contributed by atoms with Crippen LogP contribution in [0.1, 0.15) is 26.7 Å². The molecule has 0 spiro atoms. The van der Waals surface area contributed by atoms with Crippen molar-refractivity contribution in [1.29, 1.82) is 0 Å². The van der Waals surface area contributed by atoms with Crippen LogP contribution in [0.15, 0.2) is 0 Å². The third-order valence-electron chi connectivity index (χ3n) is 2.77. The highest BCUT2D eigenvalue weighted by atomic mass is 16.5. The molecule has 1 aliphatic heterocycles. The Morgan fingerprint density at radius 2 is 2.43 bits per heavy atom. The average Bonchev–Trinajstić information content (AvgIpc) is 2.18. The molecular formula is C10H20N2O2. The van der Waals surface area contributed by atoms with Gasteiger partial charge in [-0.15, -0.1) is 0 Å². The summed E-state index contributed by atoms with van der Waals surface area (Å²) in [7, 11) is 0. The molecule has 4 nitrogen and oxygen atoms in total. The lowest BCUT2D eigenvalue weighted by Crippen LogP contribution is -2.55. The van der Waals surface area contributed by atoms with Gasteiger partial charge in [0.05, 0.1) is 13.2 Å². The Labute approximate surface area is 85.4 Å². The van der Waals surface area contributed by atoms with Crippen molar-refractivity contribution in [1.82, 2.24) is 4.90 Å². The lowest BCUT2D eigenvalue weighted by molar-refractivity contribution is -0.131. The van der Waals surface area contributed by atoms with E-state index in [1.54, 1.807) is 0 Å². The Morgan fingerprint density at radius 1 is 1.71 bits per heavy atom. The number of primary amides is 1. The van der Waals surface area contributed by atoms with Crippen molar-refractivity contribution in [3.8, 4) is 0 Å². The molecule has 82 valence electrons. The maximum Gasteiger partial charge on any atom is 0.237 e. The van der Waals surface area contributed by atoms with E-state index >= 15 is 0 Å². The molecule has 0 aliphatic carbocycles. The molecule has 14 heavy (non-hydrogen) atoms. The van der Waals surface area contributed by atoms with Crippen molar-refractivity contribution in [3.63, 3.8) is 0 Å². The fourth-order valence-electron chi connectivity index (χ4n) is 1.97. The first-order valence-corrected chi connectivity index (χ1v) is 5.29. The number of amides is 1. The van der Waals surface area contributed by atoms with E-state index in [1.165, 1.54) is 0 Å². The van der Waals surface area contributed by atoms with Gasteiger partial charge in [-0.3, -0.25) is 9.69 Å². The second-order valence-electron chi connectivity index (χ2n) is 3.87. The van der Waals surface area contributed by atoms with Gasteiger partial charge in [-0.25, -0.2) is 0 Å². The predicted molar refractivity (Wildman–Crippen MR) is 54.9 cm³/mol. The maximum atomic E-state index is 11.2. The number of hydrogen-bond donors (Lipinski definition) is 1. The number of carbonyl (C=O) groups is 1. The Morgan fingerprint density at radius 3 is 3.00 bits per heavy atom. The van der Waals surface area contributed by atoms with E-state index in [-0.39, 0.29) is 11.9 Å². The first-order valence-electron chi connectivity index (χ1n) is 5.29. The highest BCUT2D eigenvalue weighted by Gasteiger charge is 2.30. The van der Waals surface area contributed by atoms with Gasteiger partial charge in [0, 0.05) is 12.6 Å². The standard InChI is InChI=1S/C10H20N2O2/c1-3-4-8(2)12-5-6-14-7-9(12)10(11)13/h8-9H,3-7H2,1-2H3,(H2,11,13)/t8-,9+/m1/s1. The summed E-state index contributed by atoms with van der Waals surface area (Å²) in [6, 6.07) is 0.187. The summed E-state index contributed by atoms with van der Waals surface area (Å²) < 4.78 is 5.26. The quantitative estimate of drug-likeness (QED) is 0.713. The van der Waals surface area contributed by atoms with Crippen LogP contribution in [0.4, 0.5) is 0 Å².